The maximum absolute atomic E-state index is 13.3. The van der Waals surface area contributed by atoms with Gasteiger partial charge in [0.05, 0.1) is 18.7 Å². The highest BCUT2D eigenvalue weighted by molar-refractivity contribution is 7.09. The number of carbonyl (C=O) groups excluding carboxylic acids is 4. The number of carbonyl (C=O) groups is 4. The van der Waals surface area contributed by atoms with Crippen LogP contribution >= 0.6 is 11.3 Å². The number of rotatable bonds is 7. The van der Waals surface area contributed by atoms with E-state index in [1.165, 1.54) is 22.5 Å². The standard InChI is InChI=1S/C30H38N6O6S/c1-18(2)12-22-30-35-24(17-43-30)27(39)31-10-11-36(26(38)16-41-19(3)4)14-25(37)32-21(13-20-8-6-5-7-9-20)29-34-23(15-42-29)28(40)33-22/h5-9,15,17-19,21-22H,10-14,16H2,1-4H3,(H,31,39)(H,32,37)(H,33,40)/t21-,22-/m0/s1. The summed E-state index contributed by atoms with van der Waals surface area (Å²) in [4.78, 5) is 62.8. The van der Waals surface area contributed by atoms with E-state index in [9.17, 15) is 19.2 Å². The first-order chi connectivity index (χ1) is 20.6. The van der Waals surface area contributed by atoms with Crippen LogP contribution in [0.3, 0.4) is 0 Å². The molecule has 4 amide bonds. The third-order valence-electron chi connectivity index (χ3n) is 6.63. The molecule has 230 valence electrons. The van der Waals surface area contributed by atoms with Crippen LogP contribution in [0.25, 0.3) is 0 Å². The van der Waals surface area contributed by atoms with E-state index in [0.29, 0.717) is 17.8 Å². The third kappa shape index (κ3) is 9.19. The van der Waals surface area contributed by atoms with Crippen LogP contribution in [0, 0.1) is 5.92 Å². The summed E-state index contributed by atoms with van der Waals surface area (Å²) in [7, 11) is 0. The van der Waals surface area contributed by atoms with Gasteiger partial charge in [-0.2, -0.15) is 0 Å². The molecular weight excluding hydrogens is 572 g/mol. The van der Waals surface area contributed by atoms with Crippen molar-refractivity contribution in [3.63, 3.8) is 0 Å². The number of benzene rings is 1. The summed E-state index contributed by atoms with van der Waals surface area (Å²) in [5.74, 6) is -1.35. The number of thiazole rings is 1. The van der Waals surface area contributed by atoms with Gasteiger partial charge in [0.2, 0.25) is 17.7 Å². The van der Waals surface area contributed by atoms with Crippen LogP contribution in [0.4, 0.5) is 0 Å². The van der Waals surface area contributed by atoms with E-state index >= 15 is 0 Å². The number of fused-ring (bicyclic) bond motifs is 4. The Morgan fingerprint density at radius 2 is 1.81 bits per heavy atom. The molecule has 3 N–H and O–H groups in total. The smallest absolute Gasteiger partial charge is 0.273 e. The molecule has 12 nitrogen and oxygen atoms in total. The van der Waals surface area contributed by atoms with Gasteiger partial charge in [-0.1, -0.05) is 44.2 Å². The SMILES string of the molecule is CC(C)C[C@@H]1NC(=O)c2coc(n2)[C@H](Cc2ccccc2)NC(=O)CN(C(=O)COC(C)C)CCNC(=O)c2csc1n2. The van der Waals surface area contributed by atoms with Gasteiger partial charge < -0.3 is 30.0 Å². The highest BCUT2D eigenvalue weighted by Gasteiger charge is 2.27. The molecule has 2 atom stereocenters. The highest BCUT2D eigenvalue weighted by atomic mass is 32.1. The van der Waals surface area contributed by atoms with Gasteiger partial charge in [0.1, 0.15) is 29.6 Å². The van der Waals surface area contributed by atoms with Crippen molar-refractivity contribution in [2.24, 2.45) is 5.92 Å². The predicted octanol–water partition coefficient (Wildman–Crippen LogP) is 3.05. The lowest BCUT2D eigenvalue weighted by molar-refractivity contribution is -0.141. The second-order valence-electron chi connectivity index (χ2n) is 11.0. The number of ether oxygens (including phenoxy) is 1. The van der Waals surface area contributed by atoms with Gasteiger partial charge in [0, 0.05) is 24.9 Å². The Hall–Kier alpha value is -4.10. The molecule has 0 saturated heterocycles. The summed E-state index contributed by atoms with van der Waals surface area (Å²) in [6.07, 6.45) is 2.01. The Morgan fingerprint density at radius 1 is 1.05 bits per heavy atom. The van der Waals surface area contributed by atoms with Crippen molar-refractivity contribution in [1.29, 1.82) is 0 Å². The first-order valence-corrected chi connectivity index (χ1v) is 15.2. The number of nitrogens with one attached hydrogen (secondary N) is 3. The Morgan fingerprint density at radius 3 is 2.53 bits per heavy atom. The molecule has 0 aliphatic carbocycles. The van der Waals surface area contributed by atoms with Crippen LogP contribution in [-0.2, 0) is 20.7 Å². The molecule has 0 unspecified atom stereocenters. The Bertz CT molecular complexity index is 1400. The zero-order valence-corrected chi connectivity index (χ0v) is 25.6. The summed E-state index contributed by atoms with van der Waals surface area (Å²) in [5.41, 5.74) is 1.17. The summed E-state index contributed by atoms with van der Waals surface area (Å²) in [6.45, 7) is 7.36. The van der Waals surface area contributed by atoms with Crippen molar-refractivity contribution in [2.75, 3.05) is 26.2 Å². The maximum Gasteiger partial charge on any atom is 0.273 e. The first-order valence-electron chi connectivity index (χ1n) is 14.3. The molecule has 0 saturated carbocycles. The van der Waals surface area contributed by atoms with Gasteiger partial charge in [-0.25, -0.2) is 9.97 Å². The van der Waals surface area contributed by atoms with E-state index in [1.54, 1.807) is 5.38 Å². The lowest BCUT2D eigenvalue weighted by Crippen LogP contribution is -2.46. The van der Waals surface area contributed by atoms with E-state index in [0.717, 1.165) is 5.56 Å². The summed E-state index contributed by atoms with van der Waals surface area (Å²) < 4.78 is 11.2. The molecule has 0 spiro atoms. The summed E-state index contributed by atoms with van der Waals surface area (Å²) >= 11 is 1.28. The van der Waals surface area contributed by atoms with E-state index in [2.05, 4.69) is 25.9 Å². The van der Waals surface area contributed by atoms with Crippen LogP contribution in [0.2, 0.25) is 0 Å². The fraction of sp³-hybridized carbons (Fsp3) is 0.467. The zero-order chi connectivity index (χ0) is 30.9. The Kier molecular flexibility index (Phi) is 11.0. The van der Waals surface area contributed by atoms with Crippen molar-refractivity contribution >= 4 is 35.0 Å². The molecule has 2 aromatic heterocycles. The molecule has 1 aliphatic heterocycles. The topological polar surface area (TPSA) is 156 Å². The van der Waals surface area contributed by atoms with Crippen molar-refractivity contribution in [2.45, 2.75) is 58.7 Å². The van der Waals surface area contributed by atoms with Gasteiger partial charge in [0.15, 0.2) is 5.69 Å². The average Bonchev–Trinajstić information content (AvgIpc) is 3.65. The fourth-order valence-corrected chi connectivity index (χ4v) is 5.37. The summed E-state index contributed by atoms with van der Waals surface area (Å²) in [5, 5.41) is 10.9. The average molecular weight is 611 g/mol. The third-order valence-corrected chi connectivity index (χ3v) is 7.59. The van der Waals surface area contributed by atoms with Gasteiger partial charge in [-0.05, 0) is 31.7 Å². The van der Waals surface area contributed by atoms with E-state index in [-0.39, 0.29) is 55.5 Å². The number of aromatic nitrogens is 2. The molecule has 3 aromatic rings. The van der Waals surface area contributed by atoms with Crippen LogP contribution in [0.5, 0.6) is 0 Å². The van der Waals surface area contributed by atoms with Crippen molar-refractivity contribution in [1.82, 2.24) is 30.8 Å². The molecule has 0 fully saturated rings. The number of hydrogen-bond acceptors (Lipinski definition) is 9. The van der Waals surface area contributed by atoms with Crippen LogP contribution in [0.1, 0.15) is 83.6 Å². The van der Waals surface area contributed by atoms with E-state index in [4.69, 9.17) is 9.15 Å². The minimum atomic E-state index is -0.716. The molecule has 1 aliphatic rings. The van der Waals surface area contributed by atoms with Gasteiger partial charge in [0.25, 0.3) is 11.8 Å². The Labute approximate surface area is 254 Å². The quantitative estimate of drug-likeness (QED) is 0.369. The van der Waals surface area contributed by atoms with Crippen molar-refractivity contribution in [3.05, 3.63) is 69.8 Å². The minimum absolute atomic E-state index is 0.0503. The number of nitrogens with zero attached hydrogens (tertiary/aromatic N) is 3. The highest BCUT2D eigenvalue weighted by Crippen LogP contribution is 2.26. The van der Waals surface area contributed by atoms with Gasteiger partial charge >= 0.3 is 0 Å². The molecule has 13 heteroatoms. The van der Waals surface area contributed by atoms with Crippen LogP contribution in [-0.4, -0.2) is 70.8 Å². The zero-order valence-electron chi connectivity index (χ0n) is 24.8. The van der Waals surface area contributed by atoms with Gasteiger partial charge in [-0.15, -0.1) is 11.3 Å². The minimum Gasteiger partial charge on any atom is -0.446 e. The Balaban J connectivity index is 1.66. The van der Waals surface area contributed by atoms with Gasteiger partial charge in [-0.3, -0.25) is 19.2 Å². The molecule has 0 radical (unpaired) electrons. The lowest BCUT2D eigenvalue weighted by Gasteiger charge is -2.24. The number of amides is 4. The molecule has 1 aromatic carbocycles. The van der Waals surface area contributed by atoms with Crippen molar-refractivity contribution in [3.8, 4) is 0 Å². The normalized spacial score (nSPS) is 18.6. The molecular formula is C30H38N6O6S. The van der Waals surface area contributed by atoms with E-state index < -0.39 is 35.7 Å². The maximum atomic E-state index is 13.3. The second-order valence-corrected chi connectivity index (χ2v) is 11.9. The molecule has 3 heterocycles. The van der Waals surface area contributed by atoms with Crippen LogP contribution < -0.4 is 16.0 Å². The largest absolute Gasteiger partial charge is 0.446 e. The first kappa shape index (κ1) is 31.8. The van der Waals surface area contributed by atoms with Crippen molar-refractivity contribution < 1.29 is 28.3 Å². The molecule has 4 bridgehead atoms. The summed E-state index contributed by atoms with van der Waals surface area (Å²) in [6, 6.07) is 8.31. The lowest BCUT2D eigenvalue weighted by atomic mass is 10.0. The fourth-order valence-electron chi connectivity index (χ4n) is 4.51. The molecule has 43 heavy (non-hydrogen) atoms. The second kappa shape index (κ2) is 14.9. The predicted molar refractivity (Wildman–Crippen MR) is 159 cm³/mol. The van der Waals surface area contributed by atoms with Crippen LogP contribution in [0.15, 0.2) is 46.4 Å². The number of hydrogen-bond donors (Lipinski definition) is 3. The monoisotopic (exact) mass is 610 g/mol. The molecule has 4 rings (SSSR count). The number of oxazole rings is 1. The van der Waals surface area contributed by atoms with E-state index in [1.807, 2.05) is 58.0 Å².